The van der Waals surface area contributed by atoms with E-state index in [0.717, 1.165) is 64.5 Å². The Kier molecular flexibility index (Phi) is 9.53. The second-order valence-corrected chi connectivity index (χ2v) is 11.0. The molecule has 2 aromatic carbocycles. The maximum absolute atomic E-state index is 12.8. The second-order valence-electron chi connectivity index (χ2n) is 11.0. The van der Waals surface area contributed by atoms with Gasteiger partial charge in [-0.15, -0.1) is 0 Å². The number of nitriles is 1. The molecule has 41 heavy (non-hydrogen) atoms. The molecule has 3 aromatic rings. The number of nitrogens with zero attached hydrogens (tertiary/aromatic N) is 3. The molecule has 208 valence electrons. The van der Waals surface area contributed by atoms with Gasteiger partial charge in [0.2, 0.25) is 5.91 Å². The minimum absolute atomic E-state index is 0.000320. The molecule has 0 saturated carbocycles. The van der Waals surface area contributed by atoms with Gasteiger partial charge >= 0.3 is 0 Å². The number of fused-ring (bicyclic) bond motifs is 1. The van der Waals surface area contributed by atoms with Gasteiger partial charge in [0.25, 0.3) is 0 Å². The van der Waals surface area contributed by atoms with E-state index in [2.05, 4.69) is 80.4 Å². The van der Waals surface area contributed by atoms with E-state index in [0.29, 0.717) is 5.57 Å². The number of amides is 1. The zero-order valence-corrected chi connectivity index (χ0v) is 24.7. The molecule has 1 atom stereocenters. The van der Waals surface area contributed by atoms with Crippen LogP contribution in [0.1, 0.15) is 56.7 Å². The fraction of sp³-hybridized carbons (Fsp3) is 0.270. The molecule has 1 aliphatic heterocycles. The van der Waals surface area contributed by atoms with Crippen LogP contribution in [0.5, 0.6) is 0 Å². The highest BCUT2D eigenvalue weighted by Crippen LogP contribution is 2.40. The van der Waals surface area contributed by atoms with Crippen molar-refractivity contribution in [3.8, 4) is 17.2 Å². The topological polar surface area (TPSA) is 57.0 Å². The number of hydrogen-bond acceptors (Lipinski definition) is 3. The third-order valence-corrected chi connectivity index (χ3v) is 7.72. The highest BCUT2D eigenvalue weighted by atomic mass is 16.2. The smallest absolute Gasteiger partial charge is 0.225 e. The largest absolute Gasteiger partial charge is 0.339 e. The van der Waals surface area contributed by atoms with Gasteiger partial charge in [0.05, 0.1) is 17.2 Å². The van der Waals surface area contributed by atoms with Crippen LogP contribution in [-0.2, 0) is 4.79 Å². The highest BCUT2D eigenvalue weighted by molar-refractivity contribution is 6.05. The molecule has 0 fully saturated rings. The summed E-state index contributed by atoms with van der Waals surface area (Å²) in [7, 11) is 0. The molecule has 2 heterocycles. The lowest BCUT2D eigenvalue weighted by atomic mass is 9.86. The van der Waals surface area contributed by atoms with Crippen molar-refractivity contribution < 1.29 is 4.79 Å². The van der Waals surface area contributed by atoms with Crippen molar-refractivity contribution in [1.29, 1.82) is 5.26 Å². The summed E-state index contributed by atoms with van der Waals surface area (Å²) in [5, 5.41) is 10.7. The molecule has 1 amide bonds. The first-order valence-electron chi connectivity index (χ1n) is 14.3. The van der Waals surface area contributed by atoms with Gasteiger partial charge in [-0.25, -0.2) is 0 Å². The van der Waals surface area contributed by atoms with Gasteiger partial charge < -0.3 is 4.90 Å². The molecule has 4 nitrogen and oxygen atoms in total. The van der Waals surface area contributed by atoms with Crippen molar-refractivity contribution in [2.24, 2.45) is 5.92 Å². The van der Waals surface area contributed by atoms with Gasteiger partial charge in [-0.2, -0.15) is 5.26 Å². The standard InChI is InChI=1S/C37H39N3O/c1-7-13-28(23-38)20-29(8-2)32-21-33(30-14-10-9-11-15-30)36-34(22-32)39-24-26(5)35(36)31-16-12-19-40(27(6)17-18-31)37(41)25(3)4/h7-11,13-15,18,20-22,24-25,27H,1-2,12,16-17,19H2,3-6H3/b28-13+,29-20+,31-18-/t27-/m1/s1. The van der Waals surface area contributed by atoms with E-state index in [9.17, 15) is 10.1 Å². The maximum atomic E-state index is 12.8. The number of carbonyl (C=O) groups excluding carboxylic acids is 1. The Labute approximate surface area is 244 Å². The van der Waals surface area contributed by atoms with E-state index < -0.39 is 0 Å². The van der Waals surface area contributed by atoms with Gasteiger partial charge in [0.15, 0.2) is 0 Å². The Morgan fingerprint density at radius 2 is 1.95 bits per heavy atom. The van der Waals surface area contributed by atoms with E-state index in [1.165, 1.54) is 11.1 Å². The first-order chi connectivity index (χ1) is 19.8. The molecule has 0 aliphatic carbocycles. The summed E-state index contributed by atoms with van der Waals surface area (Å²) in [5.41, 5.74) is 9.06. The SMILES string of the molecule is C=C/C=C(C#N)\C=C(/C=C)c1cc(-c2ccccc2)c2c(/C3=C\C[C@@H](C)N(C(=O)C(C)C)CCC3)c(C)cnc2c1. The number of carbonyl (C=O) groups is 1. The van der Waals surface area contributed by atoms with Crippen LogP contribution in [0.4, 0.5) is 0 Å². The van der Waals surface area contributed by atoms with Crippen molar-refractivity contribution >= 4 is 28.0 Å². The summed E-state index contributed by atoms with van der Waals surface area (Å²) < 4.78 is 0. The van der Waals surface area contributed by atoms with Crippen molar-refractivity contribution in [3.05, 3.63) is 114 Å². The van der Waals surface area contributed by atoms with Crippen LogP contribution >= 0.6 is 0 Å². The lowest BCUT2D eigenvalue weighted by Crippen LogP contribution is -2.42. The molecule has 0 spiro atoms. The van der Waals surface area contributed by atoms with Gasteiger partial charge in [0, 0.05) is 30.1 Å². The average Bonchev–Trinajstić information content (AvgIpc) is 2.97. The number of allylic oxidation sites excluding steroid dienone is 7. The predicted molar refractivity (Wildman–Crippen MR) is 172 cm³/mol. The Morgan fingerprint density at radius 1 is 1.20 bits per heavy atom. The molecule has 4 rings (SSSR count). The lowest BCUT2D eigenvalue weighted by Gasteiger charge is -2.32. The zero-order valence-electron chi connectivity index (χ0n) is 24.7. The van der Waals surface area contributed by atoms with Gasteiger partial charge in [-0.3, -0.25) is 9.78 Å². The number of benzene rings is 2. The summed E-state index contributed by atoms with van der Waals surface area (Å²) in [4.78, 5) is 19.8. The summed E-state index contributed by atoms with van der Waals surface area (Å²) in [6.07, 6.45) is 13.8. The van der Waals surface area contributed by atoms with Crippen molar-refractivity contribution in [1.82, 2.24) is 9.88 Å². The maximum Gasteiger partial charge on any atom is 0.225 e. The minimum atomic E-state index is 0.000320. The monoisotopic (exact) mass is 541 g/mol. The third kappa shape index (κ3) is 6.47. The van der Waals surface area contributed by atoms with Gasteiger partial charge in [-0.05, 0) is 96.4 Å². The number of hydrogen-bond donors (Lipinski definition) is 0. The summed E-state index contributed by atoms with van der Waals surface area (Å²) >= 11 is 0. The van der Waals surface area contributed by atoms with E-state index >= 15 is 0 Å². The van der Waals surface area contributed by atoms with Crippen LogP contribution in [0.2, 0.25) is 0 Å². The van der Waals surface area contributed by atoms with Crippen LogP contribution in [0.25, 0.3) is 33.2 Å². The average molecular weight is 542 g/mol. The van der Waals surface area contributed by atoms with Crippen molar-refractivity contribution in [3.63, 3.8) is 0 Å². The quantitative estimate of drug-likeness (QED) is 0.222. The fourth-order valence-electron chi connectivity index (χ4n) is 5.61. The Bertz CT molecular complexity index is 1600. The molecule has 0 N–H and O–H groups in total. The van der Waals surface area contributed by atoms with Crippen molar-refractivity contribution in [2.45, 2.75) is 53.0 Å². The van der Waals surface area contributed by atoms with Gasteiger partial charge in [-0.1, -0.05) is 75.6 Å². The van der Waals surface area contributed by atoms with Gasteiger partial charge in [0.1, 0.15) is 0 Å². The first-order valence-corrected chi connectivity index (χ1v) is 14.3. The summed E-state index contributed by atoms with van der Waals surface area (Å²) in [5.74, 6) is 0.229. The lowest BCUT2D eigenvalue weighted by molar-refractivity contribution is -0.136. The van der Waals surface area contributed by atoms with Crippen LogP contribution in [0.15, 0.2) is 97.8 Å². The summed E-state index contributed by atoms with van der Waals surface area (Å²) in [6, 6.07) is 17.0. The van der Waals surface area contributed by atoms with E-state index in [1.807, 2.05) is 32.2 Å². The molecular formula is C37H39N3O. The Balaban J connectivity index is 1.94. The van der Waals surface area contributed by atoms with E-state index in [4.69, 9.17) is 4.98 Å². The molecule has 4 heteroatoms. The Morgan fingerprint density at radius 3 is 2.61 bits per heavy atom. The minimum Gasteiger partial charge on any atom is -0.339 e. The van der Waals surface area contributed by atoms with Crippen molar-refractivity contribution in [2.75, 3.05) is 6.54 Å². The molecular weight excluding hydrogens is 502 g/mol. The Hall–Kier alpha value is -4.49. The number of aryl methyl sites for hydroxylation is 1. The van der Waals surface area contributed by atoms with E-state index in [1.54, 1.807) is 18.2 Å². The molecule has 0 saturated heterocycles. The first kappa shape index (κ1) is 29.5. The predicted octanol–water partition coefficient (Wildman–Crippen LogP) is 8.86. The summed E-state index contributed by atoms with van der Waals surface area (Å²) in [6.45, 7) is 16.8. The third-order valence-electron chi connectivity index (χ3n) is 7.72. The number of pyridine rings is 1. The number of aromatic nitrogens is 1. The van der Waals surface area contributed by atoms with E-state index in [-0.39, 0.29) is 17.9 Å². The van der Waals surface area contributed by atoms with Crippen LogP contribution < -0.4 is 0 Å². The van der Waals surface area contributed by atoms with Crippen LogP contribution in [-0.4, -0.2) is 28.4 Å². The molecule has 0 bridgehead atoms. The van der Waals surface area contributed by atoms with Crippen LogP contribution in [0, 0.1) is 24.2 Å². The molecule has 1 aliphatic rings. The molecule has 0 unspecified atom stereocenters. The number of rotatable bonds is 7. The molecule has 1 aromatic heterocycles. The zero-order chi connectivity index (χ0) is 29.5. The highest BCUT2D eigenvalue weighted by Gasteiger charge is 2.25. The molecule has 0 radical (unpaired) electrons. The van der Waals surface area contributed by atoms with Crippen LogP contribution in [0.3, 0.4) is 0 Å². The fourth-order valence-corrected chi connectivity index (χ4v) is 5.61. The normalized spacial score (nSPS) is 17.8. The second kappa shape index (κ2) is 13.2.